The molecular weight excluding hydrogens is 386 g/mol. The summed E-state index contributed by atoms with van der Waals surface area (Å²) in [5.41, 5.74) is -0.0817. The van der Waals surface area contributed by atoms with Gasteiger partial charge in [0.05, 0.1) is 16.0 Å². The number of nitrogens with one attached hydrogen (secondary N) is 1. The first-order valence-electron chi connectivity index (χ1n) is 8.29. The fraction of sp³-hybridized carbons (Fsp3) is 0.158. The van der Waals surface area contributed by atoms with Crippen molar-refractivity contribution < 1.29 is 19.2 Å². The SMILES string of the molecule is CC1(C)NC(=O)c2cc3c(Oc4ccc([N+](=O)[O-])c(Cl)c4)ccnc3cc2O1. The van der Waals surface area contributed by atoms with E-state index in [-0.39, 0.29) is 16.6 Å². The molecule has 0 saturated heterocycles. The highest BCUT2D eigenvalue weighted by molar-refractivity contribution is 6.32. The molecule has 1 amide bonds. The summed E-state index contributed by atoms with van der Waals surface area (Å²) in [4.78, 5) is 27.1. The van der Waals surface area contributed by atoms with Crippen LogP contribution in [0.4, 0.5) is 5.69 Å². The second-order valence-electron chi connectivity index (χ2n) is 6.71. The molecule has 9 heteroatoms. The number of pyridine rings is 1. The molecule has 8 nitrogen and oxygen atoms in total. The lowest BCUT2D eigenvalue weighted by Gasteiger charge is -2.33. The van der Waals surface area contributed by atoms with Crippen LogP contribution in [0.5, 0.6) is 17.2 Å². The van der Waals surface area contributed by atoms with Crippen LogP contribution in [0.3, 0.4) is 0 Å². The van der Waals surface area contributed by atoms with E-state index in [1.807, 2.05) is 0 Å². The van der Waals surface area contributed by atoms with E-state index in [4.69, 9.17) is 21.1 Å². The Morgan fingerprint density at radius 1 is 1.25 bits per heavy atom. The van der Waals surface area contributed by atoms with Gasteiger partial charge in [0.2, 0.25) is 0 Å². The smallest absolute Gasteiger partial charge is 0.288 e. The van der Waals surface area contributed by atoms with Crippen LogP contribution in [-0.4, -0.2) is 21.5 Å². The molecule has 0 bridgehead atoms. The summed E-state index contributed by atoms with van der Waals surface area (Å²) >= 11 is 5.95. The molecule has 0 unspecified atom stereocenters. The van der Waals surface area contributed by atoms with E-state index in [1.165, 1.54) is 18.2 Å². The summed E-state index contributed by atoms with van der Waals surface area (Å²) in [5, 5.41) is 14.2. The lowest BCUT2D eigenvalue weighted by atomic mass is 10.1. The summed E-state index contributed by atoms with van der Waals surface area (Å²) in [6.45, 7) is 3.51. The van der Waals surface area contributed by atoms with Crippen LogP contribution in [0.1, 0.15) is 24.2 Å². The zero-order valence-corrected chi connectivity index (χ0v) is 15.6. The molecule has 142 valence electrons. The minimum absolute atomic E-state index is 0.0340. The first kappa shape index (κ1) is 18.0. The summed E-state index contributed by atoms with van der Waals surface area (Å²) in [6, 6.07) is 9.04. The van der Waals surface area contributed by atoms with Crippen molar-refractivity contribution >= 4 is 34.1 Å². The Labute approximate surface area is 164 Å². The van der Waals surface area contributed by atoms with E-state index in [2.05, 4.69) is 10.3 Å². The van der Waals surface area contributed by atoms with Crippen molar-refractivity contribution in [3.63, 3.8) is 0 Å². The van der Waals surface area contributed by atoms with Gasteiger partial charge in [0.1, 0.15) is 22.3 Å². The average Bonchev–Trinajstić information content (AvgIpc) is 2.59. The number of nitro benzene ring substituents is 1. The number of carbonyl (C=O) groups is 1. The molecule has 28 heavy (non-hydrogen) atoms. The van der Waals surface area contributed by atoms with E-state index in [1.54, 1.807) is 38.2 Å². The van der Waals surface area contributed by atoms with Gasteiger partial charge in [0.15, 0.2) is 5.72 Å². The number of ether oxygens (including phenoxy) is 2. The number of nitro groups is 1. The maximum atomic E-state index is 12.4. The van der Waals surface area contributed by atoms with Gasteiger partial charge in [-0.2, -0.15) is 0 Å². The molecule has 2 heterocycles. The standard InChI is InChI=1S/C19H14ClN3O5/c1-19(2)22-18(24)12-8-11-14(9-17(12)28-19)21-6-5-16(11)27-10-3-4-15(23(25)26)13(20)7-10/h3-9H,1-2H3,(H,22,24). The molecule has 1 N–H and O–H groups in total. The summed E-state index contributed by atoms with van der Waals surface area (Å²) < 4.78 is 11.7. The Kier molecular flexibility index (Phi) is 4.08. The number of halogens is 1. The maximum Gasteiger partial charge on any atom is 0.288 e. The number of carbonyl (C=O) groups excluding carboxylic acids is 1. The van der Waals surface area contributed by atoms with Gasteiger partial charge in [0, 0.05) is 29.8 Å². The number of nitrogens with zero attached hydrogens (tertiary/aromatic N) is 2. The molecule has 2 aromatic carbocycles. The Balaban J connectivity index is 1.77. The van der Waals surface area contributed by atoms with Crippen LogP contribution < -0.4 is 14.8 Å². The van der Waals surface area contributed by atoms with E-state index >= 15 is 0 Å². The van der Waals surface area contributed by atoms with Crippen molar-refractivity contribution in [3.8, 4) is 17.2 Å². The summed E-state index contributed by atoms with van der Waals surface area (Å²) in [6.07, 6.45) is 1.56. The van der Waals surface area contributed by atoms with Crippen LogP contribution >= 0.6 is 11.6 Å². The van der Waals surface area contributed by atoms with E-state index in [0.717, 1.165) is 0 Å². The van der Waals surface area contributed by atoms with Gasteiger partial charge in [-0.1, -0.05) is 11.6 Å². The van der Waals surface area contributed by atoms with Crippen molar-refractivity contribution in [2.45, 2.75) is 19.6 Å². The average molecular weight is 400 g/mol. The van der Waals surface area contributed by atoms with Gasteiger partial charge in [-0.15, -0.1) is 0 Å². The molecule has 0 aliphatic carbocycles. The van der Waals surface area contributed by atoms with Gasteiger partial charge in [-0.05, 0) is 32.0 Å². The van der Waals surface area contributed by atoms with Crippen LogP contribution in [-0.2, 0) is 0 Å². The normalized spacial score (nSPS) is 14.8. The fourth-order valence-electron chi connectivity index (χ4n) is 2.97. The molecule has 0 spiro atoms. The number of fused-ring (bicyclic) bond motifs is 2. The predicted molar refractivity (Wildman–Crippen MR) is 102 cm³/mol. The lowest BCUT2D eigenvalue weighted by Crippen LogP contribution is -2.51. The molecule has 4 rings (SSSR count). The van der Waals surface area contributed by atoms with Gasteiger partial charge < -0.3 is 14.8 Å². The van der Waals surface area contributed by atoms with Crippen LogP contribution in [0, 0.1) is 10.1 Å². The Hall–Kier alpha value is -3.39. The van der Waals surface area contributed by atoms with Gasteiger partial charge in [0.25, 0.3) is 11.6 Å². The largest absolute Gasteiger partial charge is 0.468 e. The lowest BCUT2D eigenvalue weighted by molar-refractivity contribution is -0.384. The van der Waals surface area contributed by atoms with Crippen molar-refractivity contribution in [3.05, 3.63) is 63.3 Å². The quantitative estimate of drug-likeness (QED) is 0.515. The molecular formula is C19H14ClN3O5. The molecule has 0 saturated carbocycles. The third-order valence-corrected chi connectivity index (χ3v) is 4.47. The van der Waals surface area contributed by atoms with E-state index in [9.17, 15) is 14.9 Å². The Morgan fingerprint density at radius 3 is 2.75 bits per heavy atom. The van der Waals surface area contributed by atoms with E-state index < -0.39 is 10.6 Å². The zero-order valence-electron chi connectivity index (χ0n) is 14.9. The number of aromatic nitrogens is 1. The van der Waals surface area contributed by atoms with Gasteiger partial charge in [-0.25, -0.2) is 0 Å². The minimum Gasteiger partial charge on any atom is -0.468 e. The highest BCUT2D eigenvalue weighted by atomic mass is 35.5. The number of amides is 1. The molecule has 0 atom stereocenters. The van der Waals surface area contributed by atoms with E-state index in [0.29, 0.717) is 33.7 Å². The third kappa shape index (κ3) is 3.18. The summed E-state index contributed by atoms with van der Waals surface area (Å²) in [5.74, 6) is 0.920. The molecule has 0 radical (unpaired) electrons. The Morgan fingerprint density at radius 2 is 2.04 bits per heavy atom. The molecule has 0 fully saturated rings. The number of benzene rings is 2. The van der Waals surface area contributed by atoms with Crippen LogP contribution in [0.2, 0.25) is 5.02 Å². The van der Waals surface area contributed by atoms with Crippen LogP contribution in [0.15, 0.2) is 42.6 Å². The second kappa shape index (κ2) is 6.35. The monoisotopic (exact) mass is 399 g/mol. The minimum atomic E-state index is -0.818. The molecule has 3 aromatic rings. The van der Waals surface area contributed by atoms with Crippen LogP contribution in [0.25, 0.3) is 10.9 Å². The first-order valence-corrected chi connectivity index (χ1v) is 8.67. The van der Waals surface area contributed by atoms with Gasteiger partial charge >= 0.3 is 0 Å². The van der Waals surface area contributed by atoms with Crippen molar-refractivity contribution in [2.24, 2.45) is 0 Å². The highest BCUT2D eigenvalue weighted by Gasteiger charge is 2.32. The van der Waals surface area contributed by atoms with Crippen molar-refractivity contribution in [1.82, 2.24) is 10.3 Å². The molecule has 1 aromatic heterocycles. The summed E-state index contributed by atoms with van der Waals surface area (Å²) in [7, 11) is 0. The molecule has 1 aliphatic rings. The zero-order chi connectivity index (χ0) is 20.1. The first-order chi connectivity index (χ1) is 13.2. The third-order valence-electron chi connectivity index (χ3n) is 4.17. The number of hydrogen-bond acceptors (Lipinski definition) is 6. The second-order valence-corrected chi connectivity index (χ2v) is 7.12. The topological polar surface area (TPSA) is 104 Å². The van der Waals surface area contributed by atoms with Gasteiger partial charge in [-0.3, -0.25) is 19.9 Å². The van der Waals surface area contributed by atoms with Crippen molar-refractivity contribution in [1.29, 1.82) is 0 Å². The highest BCUT2D eigenvalue weighted by Crippen LogP contribution is 2.37. The van der Waals surface area contributed by atoms with Crippen molar-refractivity contribution in [2.75, 3.05) is 0 Å². The molecule has 1 aliphatic heterocycles. The fourth-order valence-corrected chi connectivity index (χ4v) is 3.21. The maximum absolute atomic E-state index is 12.4. The predicted octanol–water partition coefficient (Wildman–Crippen LogP) is 4.45. The number of hydrogen-bond donors (Lipinski definition) is 1. The number of rotatable bonds is 3. The Bertz CT molecular complexity index is 1150.